The molecule has 3 saturated heterocycles. The zero-order valence-electron chi connectivity index (χ0n) is 12.9. The third kappa shape index (κ3) is 2.70. The van der Waals surface area contributed by atoms with Crippen LogP contribution >= 0.6 is 11.3 Å². The minimum Gasteiger partial charge on any atom is -0.381 e. The van der Waals surface area contributed by atoms with Crippen LogP contribution < -0.4 is 0 Å². The first-order chi connectivity index (χ1) is 10.8. The molecule has 0 bridgehead atoms. The summed E-state index contributed by atoms with van der Waals surface area (Å²) in [6.07, 6.45) is 4.68. The smallest absolute Gasteiger partial charge is 0.255 e. The standard InChI is InChI=1S/C17H24N2O2S/c20-17(14-5-10-22-12-14)19-7-2-15-16(19)1-6-18(15)11-13-3-8-21-9-4-13/h5,10,12-13,15-16H,1-4,6-9,11H2/t15-,16+/m0/s1. The Hall–Kier alpha value is -0.910. The van der Waals surface area contributed by atoms with Gasteiger partial charge in [0.15, 0.2) is 0 Å². The number of fused-ring (bicyclic) bond motifs is 1. The van der Waals surface area contributed by atoms with Gasteiger partial charge in [-0.1, -0.05) is 0 Å². The van der Waals surface area contributed by atoms with E-state index in [1.54, 1.807) is 11.3 Å². The van der Waals surface area contributed by atoms with Crippen LogP contribution in [0.4, 0.5) is 0 Å². The molecule has 1 aromatic heterocycles. The Bertz CT molecular complexity index is 513. The van der Waals surface area contributed by atoms with Crippen LogP contribution in [0.2, 0.25) is 0 Å². The Balaban J connectivity index is 1.39. The number of nitrogens with zero attached hydrogens (tertiary/aromatic N) is 2. The Morgan fingerprint density at radius 3 is 2.77 bits per heavy atom. The van der Waals surface area contributed by atoms with Crippen molar-refractivity contribution in [2.24, 2.45) is 5.92 Å². The predicted molar refractivity (Wildman–Crippen MR) is 87.3 cm³/mol. The molecule has 0 aliphatic carbocycles. The van der Waals surface area contributed by atoms with Crippen molar-refractivity contribution >= 4 is 17.2 Å². The van der Waals surface area contributed by atoms with Crippen molar-refractivity contribution < 1.29 is 9.53 Å². The van der Waals surface area contributed by atoms with Gasteiger partial charge in [0.25, 0.3) is 5.91 Å². The second kappa shape index (κ2) is 6.30. The zero-order chi connectivity index (χ0) is 14.9. The molecule has 4 nitrogen and oxygen atoms in total. The number of likely N-dealkylation sites (tertiary alicyclic amines) is 2. The van der Waals surface area contributed by atoms with Gasteiger partial charge in [-0.05, 0) is 43.0 Å². The van der Waals surface area contributed by atoms with Gasteiger partial charge < -0.3 is 9.64 Å². The molecule has 1 amide bonds. The highest BCUT2D eigenvalue weighted by Crippen LogP contribution is 2.34. The molecule has 120 valence electrons. The first kappa shape index (κ1) is 14.7. The predicted octanol–water partition coefficient (Wildman–Crippen LogP) is 2.46. The van der Waals surface area contributed by atoms with E-state index < -0.39 is 0 Å². The van der Waals surface area contributed by atoms with E-state index in [4.69, 9.17) is 4.74 Å². The average Bonchev–Trinajstić information content (AvgIpc) is 3.26. The van der Waals surface area contributed by atoms with Crippen LogP contribution in [0.15, 0.2) is 16.8 Å². The molecule has 4 heterocycles. The van der Waals surface area contributed by atoms with Gasteiger partial charge in [0.2, 0.25) is 0 Å². The molecule has 0 aromatic carbocycles. The number of rotatable bonds is 3. The van der Waals surface area contributed by atoms with E-state index >= 15 is 0 Å². The maximum absolute atomic E-state index is 12.6. The molecule has 0 N–H and O–H groups in total. The summed E-state index contributed by atoms with van der Waals surface area (Å²) in [6.45, 7) is 5.13. The van der Waals surface area contributed by atoms with Crippen molar-refractivity contribution in [2.45, 2.75) is 37.8 Å². The summed E-state index contributed by atoms with van der Waals surface area (Å²) < 4.78 is 5.47. The summed E-state index contributed by atoms with van der Waals surface area (Å²) in [5.74, 6) is 1.02. The number of hydrogen-bond acceptors (Lipinski definition) is 4. The Morgan fingerprint density at radius 2 is 2.00 bits per heavy atom. The molecule has 3 aliphatic heterocycles. The van der Waals surface area contributed by atoms with E-state index in [2.05, 4.69) is 9.80 Å². The van der Waals surface area contributed by atoms with Crippen molar-refractivity contribution in [3.63, 3.8) is 0 Å². The molecule has 22 heavy (non-hydrogen) atoms. The summed E-state index contributed by atoms with van der Waals surface area (Å²) in [5.41, 5.74) is 0.869. The van der Waals surface area contributed by atoms with Gasteiger partial charge in [0.1, 0.15) is 0 Å². The summed E-state index contributed by atoms with van der Waals surface area (Å²) in [6, 6.07) is 2.98. The van der Waals surface area contributed by atoms with Gasteiger partial charge in [0.05, 0.1) is 5.56 Å². The number of carbonyl (C=O) groups is 1. The molecule has 3 aliphatic rings. The molecule has 4 rings (SSSR count). The number of thiophene rings is 1. The number of carbonyl (C=O) groups excluding carboxylic acids is 1. The average molecular weight is 320 g/mol. The monoisotopic (exact) mass is 320 g/mol. The molecule has 1 aromatic rings. The second-order valence-electron chi connectivity index (χ2n) is 6.77. The van der Waals surface area contributed by atoms with Crippen LogP contribution in [0.3, 0.4) is 0 Å². The first-order valence-corrected chi connectivity index (χ1v) is 9.42. The first-order valence-electron chi connectivity index (χ1n) is 8.48. The van der Waals surface area contributed by atoms with Crippen LogP contribution in [-0.2, 0) is 4.74 Å². The van der Waals surface area contributed by atoms with Gasteiger partial charge in [-0.2, -0.15) is 11.3 Å². The fourth-order valence-electron chi connectivity index (χ4n) is 4.37. The number of ether oxygens (including phenoxy) is 1. The third-order valence-corrected chi connectivity index (χ3v) is 6.24. The van der Waals surface area contributed by atoms with Crippen LogP contribution in [0.25, 0.3) is 0 Å². The lowest BCUT2D eigenvalue weighted by Crippen LogP contribution is -2.41. The molecular formula is C17H24N2O2S. The van der Waals surface area contributed by atoms with Crippen LogP contribution in [0.1, 0.15) is 36.0 Å². The van der Waals surface area contributed by atoms with Crippen molar-refractivity contribution in [3.05, 3.63) is 22.4 Å². The lowest BCUT2D eigenvalue weighted by molar-refractivity contribution is 0.0502. The summed E-state index contributed by atoms with van der Waals surface area (Å²) in [4.78, 5) is 17.4. The van der Waals surface area contributed by atoms with Crippen molar-refractivity contribution in [1.82, 2.24) is 9.80 Å². The van der Waals surface area contributed by atoms with Gasteiger partial charge >= 0.3 is 0 Å². The van der Waals surface area contributed by atoms with E-state index in [9.17, 15) is 4.79 Å². The van der Waals surface area contributed by atoms with Crippen LogP contribution in [0.5, 0.6) is 0 Å². The topological polar surface area (TPSA) is 32.8 Å². The molecule has 0 unspecified atom stereocenters. The minimum atomic E-state index is 0.238. The molecular weight excluding hydrogens is 296 g/mol. The molecule has 2 atom stereocenters. The highest BCUT2D eigenvalue weighted by atomic mass is 32.1. The highest BCUT2D eigenvalue weighted by Gasteiger charge is 2.44. The zero-order valence-corrected chi connectivity index (χ0v) is 13.8. The van der Waals surface area contributed by atoms with Gasteiger partial charge in [-0.15, -0.1) is 0 Å². The molecule has 0 spiro atoms. The van der Waals surface area contributed by atoms with Gasteiger partial charge in [-0.3, -0.25) is 9.69 Å². The van der Waals surface area contributed by atoms with Gasteiger partial charge in [-0.25, -0.2) is 0 Å². The Labute approximate surface area is 136 Å². The lowest BCUT2D eigenvalue weighted by Gasteiger charge is -2.30. The highest BCUT2D eigenvalue weighted by molar-refractivity contribution is 7.08. The largest absolute Gasteiger partial charge is 0.381 e. The van der Waals surface area contributed by atoms with Crippen molar-refractivity contribution in [2.75, 3.05) is 32.8 Å². The normalized spacial score (nSPS) is 29.9. The van der Waals surface area contributed by atoms with Crippen LogP contribution in [0, 0.1) is 5.92 Å². The van der Waals surface area contributed by atoms with E-state index in [-0.39, 0.29) is 5.91 Å². The minimum absolute atomic E-state index is 0.238. The summed E-state index contributed by atoms with van der Waals surface area (Å²) in [7, 11) is 0. The van der Waals surface area contributed by atoms with E-state index in [1.165, 1.54) is 19.4 Å². The SMILES string of the molecule is O=C(c1ccsc1)N1CC[C@H]2[C@H]1CCN2CC1CCOCC1. The fourth-order valence-corrected chi connectivity index (χ4v) is 5.00. The third-order valence-electron chi connectivity index (χ3n) is 5.55. The molecule has 0 saturated carbocycles. The maximum Gasteiger partial charge on any atom is 0.255 e. The molecule has 3 fully saturated rings. The van der Waals surface area contributed by atoms with Crippen molar-refractivity contribution in [3.8, 4) is 0 Å². The van der Waals surface area contributed by atoms with E-state index in [0.717, 1.165) is 50.6 Å². The fraction of sp³-hybridized carbons (Fsp3) is 0.706. The number of hydrogen-bond donors (Lipinski definition) is 0. The maximum atomic E-state index is 12.6. The molecule has 5 heteroatoms. The summed E-state index contributed by atoms with van der Waals surface area (Å²) in [5, 5.41) is 3.97. The molecule has 0 radical (unpaired) electrons. The Kier molecular flexibility index (Phi) is 4.20. The van der Waals surface area contributed by atoms with E-state index in [0.29, 0.717) is 12.1 Å². The second-order valence-corrected chi connectivity index (χ2v) is 7.55. The summed E-state index contributed by atoms with van der Waals surface area (Å²) >= 11 is 1.61. The number of amides is 1. The van der Waals surface area contributed by atoms with Gasteiger partial charge in [0, 0.05) is 50.3 Å². The van der Waals surface area contributed by atoms with Crippen LogP contribution in [-0.4, -0.2) is 60.6 Å². The van der Waals surface area contributed by atoms with Crippen molar-refractivity contribution in [1.29, 1.82) is 0 Å². The Morgan fingerprint density at radius 1 is 1.18 bits per heavy atom. The lowest BCUT2D eigenvalue weighted by atomic mass is 9.99. The van der Waals surface area contributed by atoms with E-state index in [1.807, 2.05) is 16.8 Å². The quantitative estimate of drug-likeness (QED) is 0.858.